The van der Waals surface area contributed by atoms with Crippen molar-refractivity contribution in [2.75, 3.05) is 13.4 Å². The van der Waals surface area contributed by atoms with Gasteiger partial charge < -0.3 is 14.3 Å². The first-order chi connectivity index (χ1) is 15.3. The molecule has 31 heavy (non-hydrogen) atoms. The molecule has 0 saturated carbocycles. The minimum absolute atomic E-state index is 0.0132. The Kier molecular flexibility index (Phi) is 7.86. The van der Waals surface area contributed by atoms with Gasteiger partial charge in [0.1, 0.15) is 19.2 Å². The van der Waals surface area contributed by atoms with Gasteiger partial charge in [0, 0.05) is 18.4 Å². The lowest BCUT2D eigenvalue weighted by atomic mass is 9.78. The second-order valence-corrected chi connectivity index (χ2v) is 8.69. The molecule has 0 bridgehead atoms. The van der Waals surface area contributed by atoms with Crippen molar-refractivity contribution in [3.63, 3.8) is 0 Å². The van der Waals surface area contributed by atoms with Crippen molar-refractivity contribution < 1.29 is 19.1 Å². The molecule has 0 unspecified atom stereocenters. The summed E-state index contributed by atoms with van der Waals surface area (Å²) in [6.45, 7) is 1.42. The third-order valence-electron chi connectivity index (χ3n) is 6.51. The highest BCUT2D eigenvalue weighted by atomic mass is 16.7. The lowest BCUT2D eigenvalue weighted by Crippen LogP contribution is -2.53. The van der Waals surface area contributed by atoms with E-state index in [2.05, 4.69) is 41.5 Å². The molecular formula is C26H33NO4. The maximum Gasteiger partial charge on any atom is 0.147 e. The molecule has 5 nitrogen and oxygen atoms in total. The molecule has 4 rings (SSSR count). The van der Waals surface area contributed by atoms with Gasteiger partial charge in [0.15, 0.2) is 0 Å². The Morgan fingerprint density at radius 1 is 1.06 bits per heavy atom. The number of piperidine rings is 1. The fourth-order valence-corrected chi connectivity index (χ4v) is 5.02. The zero-order chi connectivity index (χ0) is 21.4. The van der Waals surface area contributed by atoms with Gasteiger partial charge in [0.25, 0.3) is 0 Å². The summed E-state index contributed by atoms with van der Waals surface area (Å²) < 4.78 is 11.6. The average molecular weight is 424 g/mol. The molecule has 2 aromatic carbocycles. The number of aldehydes is 1. The van der Waals surface area contributed by atoms with Crippen LogP contribution in [-0.4, -0.2) is 36.3 Å². The van der Waals surface area contributed by atoms with Gasteiger partial charge in [-0.3, -0.25) is 4.84 Å². The molecule has 0 spiro atoms. The largest absolute Gasteiger partial charge is 0.354 e. The van der Waals surface area contributed by atoms with Gasteiger partial charge in [-0.05, 0) is 43.2 Å². The molecule has 0 radical (unpaired) electrons. The molecule has 0 amide bonds. The fraction of sp³-hybridized carbons (Fsp3) is 0.500. The second-order valence-electron chi connectivity index (χ2n) is 8.69. The fourth-order valence-electron chi connectivity index (χ4n) is 5.02. The van der Waals surface area contributed by atoms with Crippen LogP contribution in [0, 0.1) is 0 Å². The Labute approximate surface area is 185 Å². The molecule has 2 aliphatic rings. The summed E-state index contributed by atoms with van der Waals surface area (Å²) in [5.41, 5.74) is 2.35. The lowest BCUT2D eigenvalue weighted by Gasteiger charge is -2.45. The van der Waals surface area contributed by atoms with E-state index in [4.69, 9.17) is 14.3 Å². The highest BCUT2D eigenvalue weighted by Gasteiger charge is 2.51. The van der Waals surface area contributed by atoms with Crippen molar-refractivity contribution in [1.82, 2.24) is 5.06 Å². The van der Waals surface area contributed by atoms with E-state index in [9.17, 15) is 4.79 Å². The zero-order valence-corrected chi connectivity index (χ0v) is 18.2. The van der Waals surface area contributed by atoms with Crippen molar-refractivity contribution in [1.29, 1.82) is 0 Å². The maximum absolute atomic E-state index is 10.9. The quantitative estimate of drug-likeness (QED) is 0.282. The van der Waals surface area contributed by atoms with Gasteiger partial charge in [-0.25, -0.2) is 0 Å². The van der Waals surface area contributed by atoms with E-state index in [1.165, 1.54) is 5.56 Å². The summed E-state index contributed by atoms with van der Waals surface area (Å²) in [5.74, 6) is 0. The van der Waals surface area contributed by atoms with Crippen LogP contribution in [0.25, 0.3) is 0 Å². The van der Waals surface area contributed by atoms with Crippen LogP contribution in [0.4, 0.5) is 0 Å². The number of carbonyl (C=O) groups is 1. The molecule has 2 heterocycles. The molecule has 2 saturated heterocycles. The molecule has 3 atom stereocenters. The Morgan fingerprint density at radius 2 is 1.84 bits per heavy atom. The SMILES string of the molecule is O=CCCC[C@]12CCC[C@H](COCOCc3ccccc3)N1O[C@H](c1ccccc1)C2. The van der Waals surface area contributed by atoms with Gasteiger partial charge in [0.2, 0.25) is 0 Å². The molecule has 2 aliphatic heterocycles. The molecule has 0 aromatic heterocycles. The van der Waals surface area contributed by atoms with E-state index in [0.29, 0.717) is 19.6 Å². The Morgan fingerprint density at radius 3 is 2.61 bits per heavy atom. The zero-order valence-electron chi connectivity index (χ0n) is 18.2. The number of hydrogen-bond donors (Lipinski definition) is 0. The first kappa shape index (κ1) is 22.2. The monoisotopic (exact) mass is 423 g/mol. The first-order valence-corrected chi connectivity index (χ1v) is 11.4. The predicted octanol–water partition coefficient (Wildman–Crippen LogP) is 5.22. The molecule has 166 valence electrons. The van der Waals surface area contributed by atoms with E-state index >= 15 is 0 Å². The average Bonchev–Trinajstić information content (AvgIpc) is 3.21. The highest BCUT2D eigenvalue weighted by Crippen LogP contribution is 2.49. The molecule has 0 aliphatic carbocycles. The normalized spacial score (nSPS) is 25.9. The van der Waals surface area contributed by atoms with Crippen LogP contribution in [0.3, 0.4) is 0 Å². The number of fused-ring (bicyclic) bond motifs is 1. The molecule has 5 heteroatoms. The summed E-state index contributed by atoms with van der Waals surface area (Å²) in [4.78, 5) is 17.5. The van der Waals surface area contributed by atoms with E-state index in [1.54, 1.807) is 0 Å². The maximum atomic E-state index is 10.9. The molecular weight excluding hydrogens is 390 g/mol. The second kappa shape index (κ2) is 11.0. The standard InChI is InChI=1S/C26H33NO4/c28-17-8-7-15-26-16-9-14-24(20-30-21-29-19-22-10-3-1-4-11-22)27(26)31-25(18-26)23-12-5-2-6-13-23/h1-6,10-13,17,24-25H,7-9,14-16,18-21H2/t24-,25+,26-/m1/s1. The third kappa shape index (κ3) is 5.60. The molecule has 2 aromatic rings. The summed E-state index contributed by atoms with van der Waals surface area (Å²) in [5, 5.41) is 2.23. The Bertz CT molecular complexity index is 800. The summed E-state index contributed by atoms with van der Waals surface area (Å²) in [7, 11) is 0. The number of rotatable bonds is 11. The van der Waals surface area contributed by atoms with Crippen LogP contribution in [0.1, 0.15) is 62.2 Å². The van der Waals surface area contributed by atoms with E-state index in [-0.39, 0.29) is 24.5 Å². The Hall–Kier alpha value is -2.05. The number of nitrogens with zero attached hydrogens (tertiary/aromatic N) is 1. The van der Waals surface area contributed by atoms with Gasteiger partial charge in [-0.2, -0.15) is 5.06 Å². The van der Waals surface area contributed by atoms with Crippen LogP contribution >= 0.6 is 0 Å². The van der Waals surface area contributed by atoms with Crippen LogP contribution in [-0.2, 0) is 25.7 Å². The highest BCUT2D eigenvalue weighted by molar-refractivity contribution is 5.49. The molecule has 0 N–H and O–H groups in total. The van der Waals surface area contributed by atoms with Crippen LogP contribution in [0.2, 0.25) is 0 Å². The van der Waals surface area contributed by atoms with Crippen LogP contribution < -0.4 is 0 Å². The number of benzene rings is 2. The smallest absolute Gasteiger partial charge is 0.147 e. The van der Waals surface area contributed by atoms with Crippen molar-refractivity contribution in [2.45, 2.75) is 69.2 Å². The minimum Gasteiger partial charge on any atom is -0.354 e. The van der Waals surface area contributed by atoms with E-state index in [1.807, 2.05) is 24.3 Å². The van der Waals surface area contributed by atoms with Crippen molar-refractivity contribution >= 4 is 6.29 Å². The number of ether oxygens (including phenoxy) is 2. The number of hydrogen-bond acceptors (Lipinski definition) is 5. The summed E-state index contributed by atoms with van der Waals surface area (Å²) >= 11 is 0. The van der Waals surface area contributed by atoms with Gasteiger partial charge in [-0.15, -0.1) is 0 Å². The van der Waals surface area contributed by atoms with Gasteiger partial charge in [0.05, 0.1) is 19.3 Å². The van der Waals surface area contributed by atoms with Crippen molar-refractivity contribution in [3.05, 3.63) is 71.8 Å². The predicted molar refractivity (Wildman–Crippen MR) is 119 cm³/mol. The third-order valence-corrected chi connectivity index (χ3v) is 6.51. The van der Waals surface area contributed by atoms with Crippen LogP contribution in [0.5, 0.6) is 0 Å². The first-order valence-electron chi connectivity index (χ1n) is 11.4. The summed E-state index contributed by atoms with van der Waals surface area (Å²) in [6.07, 6.45) is 7.87. The molecule has 2 fully saturated rings. The number of carbonyl (C=O) groups excluding carboxylic acids is 1. The lowest BCUT2D eigenvalue weighted by molar-refractivity contribution is -0.244. The van der Waals surface area contributed by atoms with E-state index in [0.717, 1.165) is 50.4 Å². The minimum atomic E-state index is -0.0132. The van der Waals surface area contributed by atoms with Crippen LogP contribution in [0.15, 0.2) is 60.7 Å². The topological polar surface area (TPSA) is 48.0 Å². The van der Waals surface area contributed by atoms with E-state index < -0.39 is 0 Å². The number of hydroxylamine groups is 2. The van der Waals surface area contributed by atoms with Gasteiger partial charge in [-0.1, -0.05) is 60.7 Å². The Balaban J connectivity index is 1.36. The van der Waals surface area contributed by atoms with Crippen molar-refractivity contribution in [2.24, 2.45) is 0 Å². The van der Waals surface area contributed by atoms with Crippen molar-refractivity contribution in [3.8, 4) is 0 Å². The summed E-state index contributed by atoms with van der Waals surface area (Å²) in [6, 6.07) is 20.8. The number of unbranched alkanes of at least 4 members (excludes halogenated alkanes) is 1. The van der Waals surface area contributed by atoms with Gasteiger partial charge >= 0.3 is 0 Å².